The molecule has 0 spiro atoms. The van der Waals surface area contributed by atoms with Crippen LogP contribution in [0.2, 0.25) is 0 Å². The molecule has 0 atom stereocenters. The van der Waals surface area contributed by atoms with Crippen LogP contribution in [-0.2, 0) is 0 Å². The second-order valence-corrected chi connectivity index (χ2v) is 7.11. The molecule has 2 heterocycles. The molecule has 2 aromatic heterocycles. The molecular weight excluding hydrogens is 384 g/mol. The number of pyridine rings is 2. The van der Waals surface area contributed by atoms with E-state index in [1.165, 1.54) is 6.92 Å². The molecule has 0 aliphatic carbocycles. The van der Waals surface area contributed by atoms with Crippen LogP contribution < -0.4 is 4.74 Å². The Morgan fingerprint density at radius 1 is 1.10 bits per heavy atom. The van der Waals surface area contributed by atoms with Gasteiger partial charge in [-0.3, -0.25) is 9.78 Å². The van der Waals surface area contributed by atoms with Gasteiger partial charge in [0.25, 0.3) is 0 Å². The third-order valence-electron chi connectivity index (χ3n) is 4.78. The van der Waals surface area contributed by atoms with Crippen LogP contribution in [0.1, 0.15) is 36.7 Å². The van der Waals surface area contributed by atoms with Crippen LogP contribution in [0.3, 0.4) is 0 Å². The highest BCUT2D eigenvalue weighted by atomic mass is 16.5. The molecule has 0 fully saturated rings. The van der Waals surface area contributed by atoms with E-state index in [1.54, 1.807) is 31.6 Å². The fraction of sp³-hybridized carbons (Fsp3) is 0.148. The number of aromatic nitrogens is 2. The molecule has 0 aliphatic heterocycles. The Kier molecular flexibility index (Phi) is 6.79. The van der Waals surface area contributed by atoms with Gasteiger partial charge in [0.1, 0.15) is 5.69 Å². The monoisotopic (exact) mass is 408 g/mol. The number of rotatable bonds is 5. The maximum absolute atomic E-state index is 12.4. The summed E-state index contributed by atoms with van der Waals surface area (Å²) in [5.41, 5.74) is 5.58. The quantitative estimate of drug-likeness (QED) is 0.298. The number of hydrogen-bond donors (Lipinski definition) is 0. The Bertz CT molecular complexity index is 1270. The maximum Gasteiger partial charge on any atom is 0.164 e. The van der Waals surface area contributed by atoms with Crippen molar-refractivity contribution in [1.82, 2.24) is 9.97 Å². The zero-order valence-electron chi connectivity index (χ0n) is 18.2. The Hall–Kier alpha value is -3.97. The van der Waals surface area contributed by atoms with Crippen molar-refractivity contribution in [3.8, 4) is 28.8 Å². The van der Waals surface area contributed by atoms with Gasteiger partial charge in [0.15, 0.2) is 11.5 Å². The average Bonchev–Trinajstić information content (AvgIpc) is 2.79. The lowest BCUT2D eigenvalue weighted by atomic mass is 10.0. The second-order valence-electron chi connectivity index (χ2n) is 7.11. The van der Waals surface area contributed by atoms with Crippen LogP contribution >= 0.6 is 0 Å². The number of fused-ring (bicyclic) bond motifs is 1. The van der Waals surface area contributed by atoms with E-state index in [9.17, 15) is 4.79 Å². The molecule has 31 heavy (non-hydrogen) atoms. The van der Waals surface area contributed by atoms with E-state index < -0.39 is 0 Å². The summed E-state index contributed by atoms with van der Waals surface area (Å²) in [4.78, 5) is 21.2. The first-order valence-electron chi connectivity index (χ1n) is 9.87. The van der Waals surface area contributed by atoms with E-state index in [0.29, 0.717) is 27.9 Å². The summed E-state index contributed by atoms with van der Waals surface area (Å²) in [6.45, 7) is 9.22. The second kappa shape index (κ2) is 9.69. The average molecular weight is 409 g/mol. The van der Waals surface area contributed by atoms with Crippen molar-refractivity contribution in [1.29, 1.82) is 0 Å². The van der Waals surface area contributed by atoms with E-state index in [2.05, 4.69) is 23.4 Å². The van der Waals surface area contributed by atoms with Crippen LogP contribution in [0.4, 0.5) is 0 Å². The Labute approximate surface area is 183 Å². The number of hydrogen-bond acceptors (Lipinski definition) is 4. The van der Waals surface area contributed by atoms with Crippen molar-refractivity contribution in [3.05, 3.63) is 89.8 Å². The number of nitrogens with zero attached hydrogens (tertiary/aromatic N) is 2. The number of carbonyl (C=O) groups is 1. The van der Waals surface area contributed by atoms with Crippen LogP contribution in [0.15, 0.2) is 78.7 Å². The molecule has 3 rings (SSSR count). The van der Waals surface area contributed by atoms with E-state index in [4.69, 9.17) is 9.72 Å². The van der Waals surface area contributed by atoms with Crippen molar-refractivity contribution >= 4 is 16.7 Å². The first-order chi connectivity index (χ1) is 14.9. The SMILES string of the molecule is C=C/C(C)=C\C=C(/C)C#Cc1ccc(-c2nc3ccncc3c(C(C)=O)c2OC)cc1. The summed E-state index contributed by atoms with van der Waals surface area (Å²) in [5, 5.41) is 0.682. The van der Waals surface area contributed by atoms with E-state index >= 15 is 0 Å². The number of methoxy groups -OCH3 is 1. The predicted molar refractivity (Wildman–Crippen MR) is 126 cm³/mol. The Morgan fingerprint density at radius 3 is 2.48 bits per heavy atom. The summed E-state index contributed by atoms with van der Waals surface area (Å²) in [7, 11) is 1.55. The number of benzene rings is 1. The smallest absolute Gasteiger partial charge is 0.164 e. The number of allylic oxidation sites excluding steroid dienone is 5. The topological polar surface area (TPSA) is 52.1 Å². The molecule has 3 aromatic rings. The third-order valence-corrected chi connectivity index (χ3v) is 4.78. The lowest BCUT2D eigenvalue weighted by Gasteiger charge is -2.14. The van der Waals surface area contributed by atoms with Crippen LogP contribution in [0.25, 0.3) is 22.2 Å². The molecule has 0 amide bonds. The first kappa shape index (κ1) is 21.7. The van der Waals surface area contributed by atoms with E-state index in [0.717, 1.165) is 22.3 Å². The molecule has 0 bridgehead atoms. The molecule has 1 aromatic carbocycles. The van der Waals surface area contributed by atoms with Gasteiger partial charge in [0.05, 0.1) is 18.2 Å². The molecule has 0 aliphatic rings. The molecule has 0 unspecified atom stereocenters. The molecule has 4 nitrogen and oxygen atoms in total. The van der Waals surface area contributed by atoms with Crippen molar-refractivity contribution in [2.75, 3.05) is 7.11 Å². The maximum atomic E-state index is 12.4. The molecule has 0 radical (unpaired) electrons. The number of Topliss-reactive ketones (excluding diaryl/α,β-unsaturated/α-hetero) is 1. The molecule has 0 N–H and O–H groups in total. The van der Waals surface area contributed by atoms with Crippen LogP contribution in [0.5, 0.6) is 5.75 Å². The molecular formula is C27H24N2O2. The minimum absolute atomic E-state index is 0.0935. The van der Waals surface area contributed by atoms with Crippen molar-refractivity contribution in [2.24, 2.45) is 0 Å². The first-order valence-corrected chi connectivity index (χ1v) is 9.87. The summed E-state index contributed by atoms with van der Waals surface area (Å²) in [6.07, 6.45) is 9.07. The van der Waals surface area contributed by atoms with Gasteiger partial charge in [-0.25, -0.2) is 4.98 Å². The van der Waals surface area contributed by atoms with Gasteiger partial charge in [-0.2, -0.15) is 0 Å². The largest absolute Gasteiger partial charge is 0.494 e. The minimum Gasteiger partial charge on any atom is -0.494 e. The van der Waals surface area contributed by atoms with Gasteiger partial charge in [-0.15, -0.1) is 0 Å². The van der Waals surface area contributed by atoms with Crippen LogP contribution in [-0.4, -0.2) is 22.9 Å². The fourth-order valence-electron chi connectivity index (χ4n) is 3.08. The number of ketones is 1. The molecule has 4 heteroatoms. The molecule has 0 saturated heterocycles. The Balaban J connectivity index is 2.01. The van der Waals surface area contributed by atoms with Gasteiger partial charge in [0, 0.05) is 28.9 Å². The van der Waals surface area contributed by atoms with E-state index in [1.807, 2.05) is 50.3 Å². The van der Waals surface area contributed by atoms with E-state index in [-0.39, 0.29) is 5.78 Å². The highest BCUT2D eigenvalue weighted by Gasteiger charge is 2.20. The zero-order valence-corrected chi connectivity index (χ0v) is 18.2. The van der Waals surface area contributed by atoms with Gasteiger partial charge in [-0.05, 0) is 44.5 Å². The fourth-order valence-corrected chi connectivity index (χ4v) is 3.08. The van der Waals surface area contributed by atoms with Gasteiger partial charge in [-0.1, -0.05) is 54.4 Å². The van der Waals surface area contributed by atoms with Gasteiger partial charge in [0.2, 0.25) is 0 Å². The minimum atomic E-state index is -0.0935. The molecule has 154 valence electrons. The zero-order chi connectivity index (χ0) is 22.4. The third kappa shape index (κ3) is 4.96. The predicted octanol–water partition coefficient (Wildman–Crippen LogP) is 5.94. The van der Waals surface area contributed by atoms with Gasteiger partial charge >= 0.3 is 0 Å². The van der Waals surface area contributed by atoms with Crippen molar-refractivity contribution in [3.63, 3.8) is 0 Å². The lowest BCUT2D eigenvalue weighted by Crippen LogP contribution is -2.03. The number of carbonyl (C=O) groups excluding carboxylic acids is 1. The highest BCUT2D eigenvalue weighted by molar-refractivity contribution is 6.10. The van der Waals surface area contributed by atoms with Crippen LogP contribution in [0, 0.1) is 11.8 Å². The normalized spacial score (nSPS) is 11.6. The Morgan fingerprint density at radius 2 is 1.84 bits per heavy atom. The summed E-state index contributed by atoms with van der Waals surface area (Å²) >= 11 is 0. The summed E-state index contributed by atoms with van der Waals surface area (Å²) < 4.78 is 5.61. The number of ether oxygens (including phenoxy) is 1. The lowest BCUT2D eigenvalue weighted by molar-refractivity contribution is 0.101. The molecule has 0 saturated carbocycles. The summed E-state index contributed by atoms with van der Waals surface area (Å²) in [5.74, 6) is 6.67. The highest BCUT2D eigenvalue weighted by Crippen LogP contribution is 2.36. The standard InChI is InChI=1S/C27H24N2O2/c1-6-18(2)7-8-19(3)9-10-21-11-13-22(14-12-21)26-27(31-5)25(20(4)30)23-17-28-16-15-24(23)29-26/h6-8,11-17H,1H2,2-5H3/b18-7-,19-8+. The van der Waals surface area contributed by atoms with Crippen molar-refractivity contribution in [2.45, 2.75) is 20.8 Å². The van der Waals surface area contributed by atoms with Gasteiger partial charge < -0.3 is 4.74 Å². The summed E-state index contributed by atoms with van der Waals surface area (Å²) in [6, 6.07) is 9.54. The van der Waals surface area contributed by atoms with Crippen molar-refractivity contribution < 1.29 is 9.53 Å².